The van der Waals surface area contributed by atoms with Crippen LogP contribution in [-0.2, 0) is 0 Å². The minimum Gasteiger partial charge on any atom is -0.393 e. The molecule has 0 spiro atoms. The zero-order valence-corrected chi connectivity index (χ0v) is 11.7. The number of nitrogens with one attached hydrogen (secondary N) is 2. The average molecular weight is 266 g/mol. The van der Waals surface area contributed by atoms with Gasteiger partial charge in [0.2, 0.25) is 0 Å². The lowest BCUT2D eigenvalue weighted by Crippen LogP contribution is -2.44. The van der Waals surface area contributed by atoms with Crippen LogP contribution in [0.25, 0.3) is 0 Å². The highest BCUT2D eigenvalue weighted by molar-refractivity contribution is 5.74. The normalized spacial score (nSPS) is 27.5. The van der Waals surface area contributed by atoms with E-state index in [1.807, 2.05) is 0 Å². The van der Waals surface area contributed by atoms with Crippen molar-refractivity contribution in [2.45, 2.75) is 69.9 Å². The van der Waals surface area contributed by atoms with Crippen LogP contribution in [0.15, 0.2) is 11.6 Å². The molecule has 0 unspecified atom stereocenters. The van der Waals surface area contributed by atoms with Gasteiger partial charge in [-0.25, -0.2) is 4.79 Å². The maximum absolute atomic E-state index is 11.7. The Kier molecular flexibility index (Phi) is 5.70. The molecule has 2 amide bonds. The quantitative estimate of drug-likeness (QED) is 0.685. The zero-order chi connectivity index (χ0) is 13.5. The second-order valence-corrected chi connectivity index (χ2v) is 5.76. The smallest absolute Gasteiger partial charge is 0.315 e. The van der Waals surface area contributed by atoms with Gasteiger partial charge in [-0.1, -0.05) is 11.6 Å². The number of carbonyl (C=O) groups is 1. The van der Waals surface area contributed by atoms with Crippen LogP contribution in [-0.4, -0.2) is 29.8 Å². The van der Waals surface area contributed by atoms with Gasteiger partial charge in [0.25, 0.3) is 0 Å². The van der Waals surface area contributed by atoms with Gasteiger partial charge >= 0.3 is 6.03 Å². The summed E-state index contributed by atoms with van der Waals surface area (Å²) in [6, 6.07) is 0.176. The number of allylic oxidation sites excluding steroid dienone is 1. The lowest BCUT2D eigenvalue weighted by atomic mass is 9.93. The van der Waals surface area contributed by atoms with Gasteiger partial charge in [-0.15, -0.1) is 0 Å². The van der Waals surface area contributed by atoms with Crippen molar-refractivity contribution < 1.29 is 9.90 Å². The molecule has 4 heteroatoms. The Hall–Kier alpha value is -1.03. The average Bonchev–Trinajstić information content (AvgIpc) is 2.43. The highest BCUT2D eigenvalue weighted by Crippen LogP contribution is 2.19. The maximum Gasteiger partial charge on any atom is 0.315 e. The van der Waals surface area contributed by atoms with E-state index in [0.29, 0.717) is 0 Å². The first kappa shape index (κ1) is 14.4. The summed E-state index contributed by atoms with van der Waals surface area (Å²) in [6.07, 6.45) is 11.5. The Morgan fingerprint density at radius 2 is 2.05 bits per heavy atom. The molecule has 0 bridgehead atoms. The number of rotatable bonds is 4. The third kappa shape index (κ3) is 5.23. The highest BCUT2D eigenvalue weighted by atomic mass is 16.3. The number of hydrogen-bond donors (Lipinski definition) is 3. The molecule has 108 valence electrons. The molecule has 0 radical (unpaired) electrons. The molecule has 2 rings (SSSR count). The summed E-state index contributed by atoms with van der Waals surface area (Å²) >= 11 is 0. The second-order valence-electron chi connectivity index (χ2n) is 5.76. The lowest BCUT2D eigenvalue weighted by molar-refractivity contribution is 0.117. The predicted octanol–water partition coefficient (Wildman–Crippen LogP) is 2.48. The molecule has 0 aromatic heterocycles. The van der Waals surface area contributed by atoms with Crippen molar-refractivity contribution in [1.29, 1.82) is 0 Å². The van der Waals surface area contributed by atoms with E-state index in [4.69, 9.17) is 0 Å². The molecule has 0 aromatic carbocycles. The van der Waals surface area contributed by atoms with Crippen molar-refractivity contribution in [2.75, 3.05) is 6.54 Å². The summed E-state index contributed by atoms with van der Waals surface area (Å²) < 4.78 is 0. The molecular weight excluding hydrogens is 240 g/mol. The Balaban J connectivity index is 1.58. The van der Waals surface area contributed by atoms with Crippen molar-refractivity contribution in [3.05, 3.63) is 11.6 Å². The summed E-state index contributed by atoms with van der Waals surface area (Å²) in [5.74, 6) is 0. The number of aliphatic hydroxyl groups is 1. The number of hydrogen-bond acceptors (Lipinski definition) is 2. The lowest BCUT2D eigenvalue weighted by Gasteiger charge is -2.26. The van der Waals surface area contributed by atoms with Gasteiger partial charge in [-0.3, -0.25) is 0 Å². The molecule has 19 heavy (non-hydrogen) atoms. The van der Waals surface area contributed by atoms with Crippen LogP contribution >= 0.6 is 0 Å². The van der Waals surface area contributed by atoms with Gasteiger partial charge in [-0.2, -0.15) is 0 Å². The van der Waals surface area contributed by atoms with E-state index in [1.54, 1.807) is 0 Å². The van der Waals surface area contributed by atoms with Crippen molar-refractivity contribution in [3.8, 4) is 0 Å². The largest absolute Gasteiger partial charge is 0.393 e. The van der Waals surface area contributed by atoms with E-state index < -0.39 is 0 Å². The van der Waals surface area contributed by atoms with Crippen LogP contribution in [0.4, 0.5) is 4.79 Å². The van der Waals surface area contributed by atoms with Crippen molar-refractivity contribution in [1.82, 2.24) is 10.6 Å². The summed E-state index contributed by atoms with van der Waals surface area (Å²) in [5, 5.41) is 15.3. The Morgan fingerprint density at radius 1 is 1.26 bits per heavy atom. The van der Waals surface area contributed by atoms with Gasteiger partial charge in [-0.05, 0) is 57.8 Å². The van der Waals surface area contributed by atoms with E-state index in [-0.39, 0.29) is 18.2 Å². The maximum atomic E-state index is 11.7. The standard InChI is InChI=1S/C15H26N2O2/c18-14-8-6-13(7-9-14)17-15(19)16-11-10-12-4-2-1-3-5-12/h4,13-14,18H,1-3,5-11H2,(H2,16,17,19). The molecular formula is C15H26N2O2. The summed E-state index contributed by atoms with van der Waals surface area (Å²) in [6.45, 7) is 0.729. The van der Waals surface area contributed by atoms with Gasteiger partial charge < -0.3 is 15.7 Å². The number of aliphatic hydroxyl groups excluding tert-OH is 1. The Bertz CT molecular complexity index is 320. The third-order valence-electron chi connectivity index (χ3n) is 4.15. The molecule has 4 nitrogen and oxygen atoms in total. The van der Waals surface area contributed by atoms with E-state index in [9.17, 15) is 9.90 Å². The minimum absolute atomic E-state index is 0.0576. The minimum atomic E-state index is -0.167. The van der Waals surface area contributed by atoms with Gasteiger partial charge in [0.1, 0.15) is 0 Å². The molecule has 1 fully saturated rings. The van der Waals surface area contributed by atoms with Gasteiger partial charge in [0.15, 0.2) is 0 Å². The van der Waals surface area contributed by atoms with E-state index in [0.717, 1.165) is 38.6 Å². The monoisotopic (exact) mass is 266 g/mol. The Morgan fingerprint density at radius 3 is 2.74 bits per heavy atom. The summed E-state index contributed by atoms with van der Waals surface area (Å²) in [7, 11) is 0. The molecule has 0 saturated heterocycles. The van der Waals surface area contributed by atoms with Crippen LogP contribution < -0.4 is 10.6 Å². The van der Waals surface area contributed by atoms with E-state index >= 15 is 0 Å². The molecule has 1 saturated carbocycles. The first-order chi connectivity index (χ1) is 9.24. The Labute approximate surface area is 115 Å². The molecule has 0 aromatic rings. The van der Waals surface area contributed by atoms with Crippen LogP contribution in [0.3, 0.4) is 0 Å². The number of carbonyl (C=O) groups excluding carboxylic acids is 1. The number of amides is 2. The predicted molar refractivity (Wildman–Crippen MR) is 76.0 cm³/mol. The first-order valence-electron chi connectivity index (χ1n) is 7.64. The molecule has 3 N–H and O–H groups in total. The van der Waals surface area contributed by atoms with Crippen molar-refractivity contribution in [2.24, 2.45) is 0 Å². The fourth-order valence-electron chi connectivity index (χ4n) is 2.92. The second kappa shape index (κ2) is 7.53. The van der Waals surface area contributed by atoms with Crippen LogP contribution in [0.2, 0.25) is 0 Å². The van der Waals surface area contributed by atoms with Crippen LogP contribution in [0, 0.1) is 0 Å². The third-order valence-corrected chi connectivity index (χ3v) is 4.15. The fraction of sp³-hybridized carbons (Fsp3) is 0.800. The zero-order valence-electron chi connectivity index (χ0n) is 11.7. The SMILES string of the molecule is O=C(NCCC1=CCCCC1)NC1CCC(O)CC1. The van der Waals surface area contributed by atoms with E-state index in [2.05, 4.69) is 16.7 Å². The first-order valence-corrected chi connectivity index (χ1v) is 7.64. The van der Waals surface area contributed by atoms with E-state index in [1.165, 1.54) is 31.3 Å². The van der Waals surface area contributed by atoms with Crippen molar-refractivity contribution in [3.63, 3.8) is 0 Å². The molecule has 0 aliphatic heterocycles. The highest BCUT2D eigenvalue weighted by Gasteiger charge is 2.20. The van der Waals surface area contributed by atoms with Crippen LogP contribution in [0.5, 0.6) is 0 Å². The fourth-order valence-corrected chi connectivity index (χ4v) is 2.92. The molecule has 0 atom stereocenters. The number of urea groups is 1. The van der Waals surface area contributed by atoms with Crippen LogP contribution in [0.1, 0.15) is 57.8 Å². The molecule has 0 heterocycles. The van der Waals surface area contributed by atoms with Crippen molar-refractivity contribution >= 4 is 6.03 Å². The van der Waals surface area contributed by atoms with Gasteiger partial charge in [0, 0.05) is 12.6 Å². The topological polar surface area (TPSA) is 61.4 Å². The molecule has 2 aliphatic carbocycles. The van der Waals surface area contributed by atoms with Gasteiger partial charge in [0.05, 0.1) is 6.10 Å². The molecule has 2 aliphatic rings. The summed E-state index contributed by atoms with van der Waals surface area (Å²) in [5.41, 5.74) is 1.49. The summed E-state index contributed by atoms with van der Waals surface area (Å²) in [4.78, 5) is 11.7.